The number of phenols is 1. The van der Waals surface area contributed by atoms with Crippen LogP contribution < -0.4 is 4.74 Å². The van der Waals surface area contributed by atoms with Gasteiger partial charge >= 0.3 is 0 Å². The molecule has 6 atom stereocenters. The maximum absolute atomic E-state index is 12.6. The Bertz CT molecular complexity index is 868. The second-order valence-electron chi connectivity index (χ2n) is 9.23. The Labute approximate surface area is 153 Å². The molecule has 4 bridgehead atoms. The molecule has 0 radical (unpaired) electrons. The first-order valence-electron chi connectivity index (χ1n) is 9.69. The van der Waals surface area contributed by atoms with Crippen LogP contribution >= 0.6 is 0 Å². The van der Waals surface area contributed by atoms with Crippen molar-refractivity contribution >= 4 is 5.78 Å². The van der Waals surface area contributed by atoms with Gasteiger partial charge in [0.25, 0.3) is 0 Å². The van der Waals surface area contributed by atoms with E-state index in [9.17, 15) is 9.90 Å². The molecule has 4 unspecified atom stereocenters. The standard InChI is InChI=1S/C21H25NO4/c1-11(23)13-9-19-10-21(13,25-3)18-20(19)6-7-22(2)15(19)8-12-4-5-14(24)17(26-18)16(12)20/h4-5,13,15,18,24H,6-10H2,1-3H3/t13-,15?,18?,19?,20?,21-/m1/s1. The van der Waals surface area contributed by atoms with E-state index in [4.69, 9.17) is 9.47 Å². The lowest BCUT2D eigenvalue weighted by Crippen LogP contribution is -2.69. The van der Waals surface area contributed by atoms with Gasteiger partial charge in [-0.25, -0.2) is 0 Å². The van der Waals surface area contributed by atoms with E-state index < -0.39 is 5.60 Å². The van der Waals surface area contributed by atoms with E-state index in [1.165, 1.54) is 11.1 Å². The summed E-state index contributed by atoms with van der Waals surface area (Å²) >= 11 is 0. The first kappa shape index (κ1) is 15.5. The van der Waals surface area contributed by atoms with Crippen molar-refractivity contribution in [3.8, 4) is 11.5 Å². The fourth-order valence-corrected chi connectivity index (χ4v) is 7.96. The van der Waals surface area contributed by atoms with Crippen LogP contribution in [-0.2, 0) is 21.4 Å². The Morgan fingerprint density at radius 1 is 1.42 bits per heavy atom. The van der Waals surface area contributed by atoms with Crippen LogP contribution in [0.2, 0.25) is 0 Å². The van der Waals surface area contributed by atoms with Crippen LogP contribution in [0, 0.1) is 11.3 Å². The van der Waals surface area contributed by atoms with Gasteiger partial charge in [-0.1, -0.05) is 6.07 Å². The lowest BCUT2D eigenvalue weighted by molar-refractivity contribution is -0.157. The van der Waals surface area contributed by atoms with E-state index in [0.717, 1.165) is 32.2 Å². The molecule has 5 heteroatoms. The summed E-state index contributed by atoms with van der Waals surface area (Å²) in [4.78, 5) is 15.1. The van der Waals surface area contributed by atoms with E-state index in [1.54, 1.807) is 20.1 Å². The van der Waals surface area contributed by atoms with Crippen LogP contribution in [0.15, 0.2) is 12.1 Å². The molecule has 2 saturated carbocycles. The summed E-state index contributed by atoms with van der Waals surface area (Å²) < 4.78 is 12.7. The predicted octanol–water partition coefficient (Wildman–Crippen LogP) is 2.04. The van der Waals surface area contributed by atoms with Gasteiger partial charge in [0.05, 0.1) is 5.92 Å². The average Bonchev–Trinajstić information content (AvgIpc) is 3.22. The van der Waals surface area contributed by atoms with Crippen LogP contribution in [0.4, 0.5) is 0 Å². The molecule has 3 fully saturated rings. The van der Waals surface area contributed by atoms with Crippen molar-refractivity contribution < 1.29 is 19.4 Å². The van der Waals surface area contributed by atoms with Gasteiger partial charge in [0.15, 0.2) is 11.5 Å². The summed E-state index contributed by atoms with van der Waals surface area (Å²) in [5.74, 6) is 0.960. The molecule has 1 aromatic rings. The number of fused-ring (bicyclic) bond motifs is 2. The number of Topliss-reactive ketones (excluding diaryl/α,β-unsaturated/α-hetero) is 1. The van der Waals surface area contributed by atoms with E-state index >= 15 is 0 Å². The van der Waals surface area contributed by atoms with E-state index in [0.29, 0.717) is 11.8 Å². The van der Waals surface area contributed by atoms with E-state index in [2.05, 4.69) is 18.0 Å². The number of methoxy groups -OCH3 is 1. The minimum absolute atomic E-state index is 0.0109. The second-order valence-corrected chi connectivity index (χ2v) is 9.23. The smallest absolute Gasteiger partial charge is 0.165 e. The Kier molecular flexibility index (Phi) is 2.55. The van der Waals surface area contributed by atoms with Crippen molar-refractivity contribution in [2.45, 2.75) is 55.8 Å². The fraction of sp³-hybridized carbons (Fsp3) is 0.667. The van der Waals surface area contributed by atoms with Crippen molar-refractivity contribution in [2.24, 2.45) is 11.3 Å². The number of phenolic OH excluding ortho intramolecular Hbond substituents is 1. The minimum atomic E-state index is -0.581. The summed E-state index contributed by atoms with van der Waals surface area (Å²) in [5.41, 5.74) is 1.81. The molecular formula is C21H25NO4. The van der Waals surface area contributed by atoms with E-state index in [-0.39, 0.29) is 34.4 Å². The minimum Gasteiger partial charge on any atom is -0.504 e. The number of hydrogen-bond donors (Lipinski definition) is 1. The number of aromatic hydroxyl groups is 1. The Morgan fingerprint density at radius 2 is 2.23 bits per heavy atom. The third kappa shape index (κ3) is 1.26. The van der Waals surface area contributed by atoms with Crippen molar-refractivity contribution in [1.29, 1.82) is 0 Å². The summed E-state index contributed by atoms with van der Waals surface area (Å²) in [5, 5.41) is 10.5. The van der Waals surface area contributed by atoms with Gasteiger partial charge in [0.2, 0.25) is 0 Å². The molecule has 6 rings (SSSR count). The molecular weight excluding hydrogens is 330 g/mol. The van der Waals surface area contributed by atoms with Crippen LogP contribution in [0.3, 0.4) is 0 Å². The van der Waals surface area contributed by atoms with Gasteiger partial charge in [0.1, 0.15) is 17.5 Å². The normalized spacial score (nSPS) is 47.0. The number of benzene rings is 1. The number of nitrogens with zero attached hydrogens (tertiary/aromatic N) is 1. The van der Waals surface area contributed by atoms with Gasteiger partial charge in [-0.05, 0) is 57.8 Å². The average molecular weight is 355 g/mol. The molecule has 5 nitrogen and oxygen atoms in total. The van der Waals surface area contributed by atoms with Crippen LogP contribution in [0.25, 0.3) is 0 Å². The van der Waals surface area contributed by atoms with Gasteiger partial charge < -0.3 is 19.5 Å². The summed E-state index contributed by atoms with van der Waals surface area (Å²) in [6.45, 7) is 2.72. The number of likely N-dealkylation sites (tertiary alicyclic amines) is 1. The van der Waals surface area contributed by atoms with Gasteiger partial charge in [0, 0.05) is 29.5 Å². The highest BCUT2D eigenvalue weighted by Crippen LogP contribution is 2.79. The zero-order valence-corrected chi connectivity index (χ0v) is 15.5. The molecule has 2 aliphatic heterocycles. The molecule has 2 spiro atoms. The maximum Gasteiger partial charge on any atom is 0.165 e. The predicted molar refractivity (Wildman–Crippen MR) is 94.5 cm³/mol. The number of ketones is 1. The third-order valence-electron chi connectivity index (χ3n) is 8.75. The number of carbonyl (C=O) groups is 1. The fourth-order valence-electron chi connectivity index (χ4n) is 7.96. The zero-order chi connectivity index (χ0) is 18.1. The van der Waals surface area contributed by atoms with Crippen molar-refractivity contribution in [3.05, 3.63) is 23.3 Å². The number of likely N-dealkylation sites (N-methyl/N-ethyl adjacent to an activating group) is 1. The van der Waals surface area contributed by atoms with Crippen LogP contribution in [-0.4, -0.2) is 54.2 Å². The van der Waals surface area contributed by atoms with E-state index in [1.807, 2.05) is 0 Å². The number of hydrogen-bond acceptors (Lipinski definition) is 5. The molecule has 0 aromatic heterocycles. The highest BCUT2D eigenvalue weighted by atomic mass is 16.6. The molecule has 1 N–H and O–H groups in total. The Balaban J connectivity index is 1.70. The van der Waals surface area contributed by atoms with Gasteiger partial charge in [-0.3, -0.25) is 4.79 Å². The SMILES string of the molecule is CO[C@]12CC3(C[C@@H]1C(C)=O)C1Cc4ccc(O)c5c4C3(CCN1C)C2O5. The number of piperidine rings is 1. The Morgan fingerprint density at radius 3 is 2.96 bits per heavy atom. The second kappa shape index (κ2) is 4.28. The maximum atomic E-state index is 12.6. The first-order valence-corrected chi connectivity index (χ1v) is 9.69. The molecule has 0 amide bonds. The third-order valence-corrected chi connectivity index (χ3v) is 8.75. The highest BCUT2D eigenvalue weighted by Gasteiger charge is 2.85. The number of carbonyl (C=O) groups excluding carboxylic acids is 1. The molecule has 1 aromatic carbocycles. The molecule has 2 heterocycles. The molecule has 26 heavy (non-hydrogen) atoms. The summed E-state index contributed by atoms with van der Waals surface area (Å²) in [6, 6.07) is 4.24. The number of ether oxygens (including phenoxy) is 2. The largest absolute Gasteiger partial charge is 0.504 e. The zero-order valence-electron chi connectivity index (χ0n) is 15.5. The van der Waals surface area contributed by atoms with Crippen molar-refractivity contribution in [3.63, 3.8) is 0 Å². The van der Waals surface area contributed by atoms with Crippen LogP contribution in [0.1, 0.15) is 37.3 Å². The molecule has 138 valence electrons. The lowest BCUT2D eigenvalue weighted by atomic mass is 9.47. The topological polar surface area (TPSA) is 59.0 Å². The van der Waals surface area contributed by atoms with Crippen molar-refractivity contribution in [2.75, 3.05) is 20.7 Å². The Hall–Kier alpha value is -1.59. The lowest BCUT2D eigenvalue weighted by Gasteiger charge is -2.61. The summed E-state index contributed by atoms with van der Waals surface area (Å²) in [6.07, 6.45) is 3.54. The van der Waals surface area contributed by atoms with Gasteiger partial charge in [-0.2, -0.15) is 0 Å². The monoisotopic (exact) mass is 355 g/mol. The highest BCUT2D eigenvalue weighted by molar-refractivity contribution is 5.82. The quantitative estimate of drug-likeness (QED) is 0.880. The van der Waals surface area contributed by atoms with Crippen molar-refractivity contribution in [1.82, 2.24) is 4.90 Å². The molecule has 5 aliphatic rings. The molecule has 1 saturated heterocycles. The first-order chi connectivity index (χ1) is 12.4. The van der Waals surface area contributed by atoms with Gasteiger partial charge in [-0.15, -0.1) is 0 Å². The number of rotatable bonds is 2. The van der Waals surface area contributed by atoms with Crippen LogP contribution in [0.5, 0.6) is 11.5 Å². The molecule has 3 aliphatic carbocycles. The summed E-state index contributed by atoms with van der Waals surface area (Å²) in [7, 11) is 3.96.